The van der Waals surface area contributed by atoms with E-state index >= 15 is 0 Å². The van der Waals surface area contributed by atoms with E-state index in [0.717, 1.165) is 39.1 Å². The van der Waals surface area contributed by atoms with Gasteiger partial charge in [-0.3, -0.25) is 0 Å². The first-order valence-corrected chi connectivity index (χ1v) is 6.08. The number of piperidine rings is 1. The normalized spacial score (nSPS) is 28.8. The summed E-state index contributed by atoms with van der Waals surface area (Å²) < 4.78 is 12.0. The topological polar surface area (TPSA) is 21.7 Å². The van der Waals surface area contributed by atoms with E-state index in [4.69, 9.17) is 9.47 Å². The SMILES string of the molecule is CC(C)C1COC2(CCN(C)CC2)OC1. The molecule has 0 radical (unpaired) electrons. The summed E-state index contributed by atoms with van der Waals surface area (Å²) >= 11 is 0. The molecule has 2 fully saturated rings. The van der Waals surface area contributed by atoms with Crippen molar-refractivity contribution in [3.05, 3.63) is 0 Å². The van der Waals surface area contributed by atoms with E-state index in [0.29, 0.717) is 11.8 Å². The standard InChI is InChI=1S/C12H23NO2/c1-10(2)11-8-14-12(15-9-11)4-6-13(3)7-5-12/h10-11H,4-9H2,1-3H3. The summed E-state index contributed by atoms with van der Waals surface area (Å²) in [6.45, 7) is 8.41. The first kappa shape index (κ1) is 11.4. The molecule has 0 amide bonds. The summed E-state index contributed by atoms with van der Waals surface area (Å²) in [5.74, 6) is 1.00. The van der Waals surface area contributed by atoms with Gasteiger partial charge in [-0.25, -0.2) is 0 Å². The summed E-state index contributed by atoms with van der Waals surface area (Å²) in [4.78, 5) is 2.34. The van der Waals surface area contributed by atoms with Crippen LogP contribution in [0.25, 0.3) is 0 Å². The van der Waals surface area contributed by atoms with E-state index in [2.05, 4.69) is 25.8 Å². The molecule has 0 bridgehead atoms. The third-order valence-electron chi connectivity index (χ3n) is 3.81. The summed E-state index contributed by atoms with van der Waals surface area (Å²) in [6.07, 6.45) is 2.04. The lowest BCUT2D eigenvalue weighted by Crippen LogP contribution is -2.51. The second kappa shape index (κ2) is 4.40. The minimum absolute atomic E-state index is 0.238. The van der Waals surface area contributed by atoms with Gasteiger partial charge < -0.3 is 14.4 Å². The smallest absolute Gasteiger partial charge is 0.170 e. The van der Waals surface area contributed by atoms with Crippen molar-refractivity contribution in [1.82, 2.24) is 4.90 Å². The Morgan fingerprint density at radius 1 is 1.13 bits per heavy atom. The molecule has 15 heavy (non-hydrogen) atoms. The largest absolute Gasteiger partial charge is 0.349 e. The quantitative estimate of drug-likeness (QED) is 0.662. The zero-order valence-corrected chi connectivity index (χ0v) is 10.2. The Labute approximate surface area is 92.7 Å². The van der Waals surface area contributed by atoms with Crippen LogP contribution < -0.4 is 0 Å². The number of nitrogens with zero attached hydrogens (tertiary/aromatic N) is 1. The van der Waals surface area contributed by atoms with Gasteiger partial charge in [0.1, 0.15) is 0 Å². The van der Waals surface area contributed by atoms with Crippen molar-refractivity contribution in [2.75, 3.05) is 33.4 Å². The minimum atomic E-state index is -0.238. The third-order valence-corrected chi connectivity index (χ3v) is 3.81. The highest BCUT2D eigenvalue weighted by atomic mass is 16.7. The Hall–Kier alpha value is -0.120. The number of hydrogen-bond donors (Lipinski definition) is 0. The molecule has 0 atom stereocenters. The third kappa shape index (κ3) is 2.52. The maximum Gasteiger partial charge on any atom is 0.170 e. The van der Waals surface area contributed by atoms with Gasteiger partial charge in [-0.1, -0.05) is 13.8 Å². The molecule has 2 heterocycles. The van der Waals surface area contributed by atoms with Gasteiger partial charge in [-0.2, -0.15) is 0 Å². The Morgan fingerprint density at radius 3 is 2.13 bits per heavy atom. The number of likely N-dealkylation sites (tertiary alicyclic amines) is 1. The van der Waals surface area contributed by atoms with Crippen LogP contribution >= 0.6 is 0 Å². The van der Waals surface area contributed by atoms with Gasteiger partial charge >= 0.3 is 0 Å². The predicted molar refractivity (Wildman–Crippen MR) is 59.7 cm³/mol. The highest BCUT2D eigenvalue weighted by Crippen LogP contribution is 2.33. The van der Waals surface area contributed by atoms with Crippen LogP contribution in [0.4, 0.5) is 0 Å². The van der Waals surface area contributed by atoms with E-state index in [1.807, 2.05) is 0 Å². The molecule has 88 valence electrons. The summed E-state index contributed by atoms with van der Waals surface area (Å²) in [5, 5.41) is 0. The van der Waals surface area contributed by atoms with E-state index in [-0.39, 0.29) is 5.79 Å². The van der Waals surface area contributed by atoms with Crippen LogP contribution in [0.5, 0.6) is 0 Å². The van der Waals surface area contributed by atoms with Crippen LogP contribution in [0.3, 0.4) is 0 Å². The predicted octanol–water partition coefficient (Wildman–Crippen LogP) is 1.73. The molecule has 0 aliphatic carbocycles. The molecule has 0 aromatic carbocycles. The van der Waals surface area contributed by atoms with Crippen LogP contribution in [0.1, 0.15) is 26.7 Å². The Balaban J connectivity index is 1.86. The lowest BCUT2D eigenvalue weighted by atomic mass is 9.95. The molecule has 0 N–H and O–H groups in total. The number of ether oxygens (including phenoxy) is 2. The van der Waals surface area contributed by atoms with Gasteiger partial charge in [0.05, 0.1) is 13.2 Å². The summed E-state index contributed by atoms with van der Waals surface area (Å²) in [7, 11) is 2.16. The van der Waals surface area contributed by atoms with Gasteiger partial charge in [0, 0.05) is 31.8 Å². The highest BCUT2D eigenvalue weighted by molar-refractivity contribution is 4.82. The second-order valence-corrected chi connectivity index (χ2v) is 5.34. The van der Waals surface area contributed by atoms with Gasteiger partial charge in [0.2, 0.25) is 0 Å². The van der Waals surface area contributed by atoms with Crippen molar-refractivity contribution in [3.8, 4) is 0 Å². The molecular formula is C12H23NO2. The average molecular weight is 213 g/mol. The molecule has 2 aliphatic rings. The maximum absolute atomic E-state index is 5.98. The van der Waals surface area contributed by atoms with Crippen LogP contribution in [-0.4, -0.2) is 44.0 Å². The molecule has 0 aromatic heterocycles. The lowest BCUT2D eigenvalue weighted by Gasteiger charge is -2.45. The van der Waals surface area contributed by atoms with Crippen LogP contribution in [-0.2, 0) is 9.47 Å². The van der Waals surface area contributed by atoms with Gasteiger partial charge in [-0.15, -0.1) is 0 Å². The molecule has 0 aromatic rings. The van der Waals surface area contributed by atoms with Crippen molar-refractivity contribution in [2.24, 2.45) is 11.8 Å². The fourth-order valence-electron chi connectivity index (χ4n) is 2.24. The molecule has 2 rings (SSSR count). The molecular weight excluding hydrogens is 190 g/mol. The Bertz CT molecular complexity index is 200. The number of rotatable bonds is 1. The zero-order valence-electron chi connectivity index (χ0n) is 10.2. The van der Waals surface area contributed by atoms with Crippen molar-refractivity contribution in [2.45, 2.75) is 32.5 Å². The maximum atomic E-state index is 5.98. The van der Waals surface area contributed by atoms with Crippen molar-refractivity contribution in [1.29, 1.82) is 0 Å². The van der Waals surface area contributed by atoms with Crippen molar-refractivity contribution in [3.63, 3.8) is 0 Å². The van der Waals surface area contributed by atoms with Crippen LogP contribution in [0.15, 0.2) is 0 Å². The molecule has 1 spiro atoms. The van der Waals surface area contributed by atoms with Crippen molar-refractivity contribution < 1.29 is 9.47 Å². The molecule has 3 nitrogen and oxygen atoms in total. The minimum Gasteiger partial charge on any atom is -0.349 e. The first-order chi connectivity index (χ1) is 7.11. The molecule has 0 saturated carbocycles. The second-order valence-electron chi connectivity index (χ2n) is 5.34. The van der Waals surface area contributed by atoms with E-state index in [1.165, 1.54) is 0 Å². The molecule has 0 unspecified atom stereocenters. The summed E-state index contributed by atoms with van der Waals surface area (Å²) in [5.41, 5.74) is 0. The highest BCUT2D eigenvalue weighted by Gasteiger charge is 2.40. The first-order valence-electron chi connectivity index (χ1n) is 6.08. The molecule has 2 saturated heterocycles. The molecule has 3 heteroatoms. The van der Waals surface area contributed by atoms with E-state index in [1.54, 1.807) is 0 Å². The monoisotopic (exact) mass is 213 g/mol. The lowest BCUT2D eigenvalue weighted by molar-refractivity contribution is -0.301. The Kier molecular flexibility index (Phi) is 3.33. The van der Waals surface area contributed by atoms with Crippen molar-refractivity contribution >= 4 is 0 Å². The van der Waals surface area contributed by atoms with E-state index in [9.17, 15) is 0 Å². The van der Waals surface area contributed by atoms with Crippen LogP contribution in [0.2, 0.25) is 0 Å². The summed E-state index contributed by atoms with van der Waals surface area (Å²) in [6, 6.07) is 0. The van der Waals surface area contributed by atoms with E-state index < -0.39 is 0 Å². The molecule has 2 aliphatic heterocycles. The fourth-order valence-corrected chi connectivity index (χ4v) is 2.24. The zero-order chi connectivity index (χ0) is 10.9. The van der Waals surface area contributed by atoms with Gasteiger partial charge in [0.25, 0.3) is 0 Å². The Morgan fingerprint density at radius 2 is 1.67 bits per heavy atom. The van der Waals surface area contributed by atoms with Gasteiger partial charge in [0.15, 0.2) is 5.79 Å². The van der Waals surface area contributed by atoms with Crippen LogP contribution in [0, 0.1) is 11.8 Å². The average Bonchev–Trinajstić information content (AvgIpc) is 2.24. The van der Waals surface area contributed by atoms with Gasteiger partial charge in [-0.05, 0) is 13.0 Å². The fraction of sp³-hybridized carbons (Fsp3) is 1.00. The number of hydrogen-bond acceptors (Lipinski definition) is 3.